The van der Waals surface area contributed by atoms with Gasteiger partial charge >= 0.3 is 0 Å². The van der Waals surface area contributed by atoms with Gasteiger partial charge in [0.2, 0.25) is 0 Å². The summed E-state index contributed by atoms with van der Waals surface area (Å²) in [7, 11) is 1.69. The van der Waals surface area contributed by atoms with Crippen molar-refractivity contribution in [1.29, 1.82) is 0 Å². The summed E-state index contributed by atoms with van der Waals surface area (Å²) in [4.78, 5) is 0. The van der Waals surface area contributed by atoms with Gasteiger partial charge in [-0.25, -0.2) is 0 Å². The summed E-state index contributed by atoms with van der Waals surface area (Å²) in [6, 6.07) is 0. The van der Waals surface area contributed by atoms with Gasteiger partial charge in [0.05, 0.1) is 32.0 Å². The van der Waals surface area contributed by atoms with Crippen molar-refractivity contribution in [1.82, 2.24) is 0 Å². The molecule has 3 nitrogen and oxygen atoms in total. The Morgan fingerprint density at radius 1 is 1.00 bits per heavy atom. The van der Waals surface area contributed by atoms with Gasteiger partial charge < -0.3 is 14.2 Å². The normalized spacial score (nSPS) is 19.9. The molecule has 1 rings (SSSR count). The van der Waals surface area contributed by atoms with Crippen LogP contribution in [0.15, 0.2) is 0 Å². The quantitative estimate of drug-likeness (QED) is 0.386. The third kappa shape index (κ3) is 5.29. The third-order valence-corrected chi connectivity index (χ3v) is 4.47. The topological polar surface area (TPSA) is 27.7 Å². The Labute approximate surface area is 112 Å². The van der Waals surface area contributed by atoms with Gasteiger partial charge in [-0.3, -0.25) is 0 Å². The molecule has 0 heterocycles. The smallest absolute Gasteiger partial charge is 0.0772 e. The molecule has 0 radical (unpaired) electrons. The molecule has 0 amide bonds. The molecule has 0 aromatic rings. The van der Waals surface area contributed by atoms with E-state index < -0.39 is 0 Å². The van der Waals surface area contributed by atoms with Crippen LogP contribution in [0.3, 0.4) is 0 Å². The molecule has 0 aliphatic heterocycles. The maximum atomic E-state index is 6.03. The molecule has 0 aromatic carbocycles. The molecule has 0 saturated heterocycles. The Hall–Kier alpha value is 0.610. The third-order valence-electron chi connectivity index (χ3n) is 3.08. The van der Waals surface area contributed by atoms with E-state index in [1.54, 1.807) is 7.11 Å². The van der Waals surface area contributed by atoms with Gasteiger partial charge in [-0.1, -0.05) is 41.9 Å². The van der Waals surface area contributed by atoms with Gasteiger partial charge in [0.25, 0.3) is 0 Å². The van der Waals surface area contributed by atoms with Crippen LogP contribution in [0.5, 0.6) is 0 Å². The first-order chi connectivity index (χ1) is 7.83. The van der Waals surface area contributed by atoms with Crippen molar-refractivity contribution in [2.24, 2.45) is 0 Å². The van der Waals surface area contributed by atoms with Crippen LogP contribution in [0.2, 0.25) is 0 Å². The molecule has 1 fully saturated rings. The van der Waals surface area contributed by atoms with Crippen molar-refractivity contribution in [2.45, 2.75) is 37.7 Å². The molecule has 96 valence electrons. The largest absolute Gasteiger partial charge is 0.382 e. The summed E-state index contributed by atoms with van der Waals surface area (Å²) in [6.45, 7) is 2.73. The second-order valence-corrected chi connectivity index (χ2v) is 5.09. The molecule has 0 unspecified atom stereocenters. The van der Waals surface area contributed by atoms with Crippen LogP contribution in [0.1, 0.15) is 32.1 Å². The zero-order chi connectivity index (χ0) is 11.7. The van der Waals surface area contributed by atoms with E-state index in [0.29, 0.717) is 26.4 Å². The fourth-order valence-corrected chi connectivity index (χ4v) is 3.06. The summed E-state index contributed by atoms with van der Waals surface area (Å²) >= 11 is 2.45. The number of hydrogen-bond donors (Lipinski definition) is 0. The minimum Gasteiger partial charge on any atom is -0.382 e. The van der Waals surface area contributed by atoms with Crippen molar-refractivity contribution in [3.63, 3.8) is 0 Å². The number of ether oxygens (including phenoxy) is 3. The maximum Gasteiger partial charge on any atom is 0.0772 e. The Morgan fingerprint density at radius 2 is 1.69 bits per heavy atom. The summed E-state index contributed by atoms with van der Waals surface area (Å²) in [5.74, 6) is 0. The van der Waals surface area contributed by atoms with Crippen molar-refractivity contribution in [3.05, 3.63) is 0 Å². The lowest BCUT2D eigenvalue weighted by molar-refractivity contribution is -0.0737. The molecule has 16 heavy (non-hydrogen) atoms. The molecule has 4 heteroatoms. The molecular weight excluding hydrogens is 319 g/mol. The first-order valence-corrected chi connectivity index (χ1v) is 7.62. The Bertz CT molecular complexity index is 170. The molecule has 1 aliphatic rings. The van der Waals surface area contributed by atoms with Crippen molar-refractivity contribution in [3.8, 4) is 0 Å². The van der Waals surface area contributed by atoms with Gasteiger partial charge in [0.1, 0.15) is 0 Å². The number of hydrogen-bond acceptors (Lipinski definition) is 3. The van der Waals surface area contributed by atoms with E-state index in [2.05, 4.69) is 22.6 Å². The van der Waals surface area contributed by atoms with E-state index in [-0.39, 0.29) is 5.60 Å². The lowest BCUT2D eigenvalue weighted by Gasteiger charge is -2.35. The lowest BCUT2D eigenvalue weighted by atomic mass is 9.86. The molecular formula is C12H23IO3. The van der Waals surface area contributed by atoms with E-state index in [1.165, 1.54) is 32.1 Å². The summed E-state index contributed by atoms with van der Waals surface area (Å²) in [5, 5.41) is 0. The highest BCUT2D eigenvalue weighted by Crippen LogP contribution is 2.33. The van der Waals surface area contributed by atoms with Crippen molar-refractivity contribution >= 4 is 22.6 Å². The van der Waals surface area contributed by atoms with E-state index in [0.717, 1.165) is 4.43 Å². The summed E-state index contributed by atoms with van der Waals surface area (Å²) in [6.07, 6.45) is 6.43. The molecule has 0 spiro atoms. The standard InChI is InChI=1S/C12H23IO3/c1-14-7-8-15-9-10-16-12(11-13)5-3-2-4-6-12/h2-11H2,1H3. The van der Waals surface area contributed by atoms with Crippen LogP contribution in [-0.2, 0) is 14.2 Å². The van der Waals surface area contributed by atoms with Crippen molar-refractivity contribution in [2.75, 3.05) is 38.0 Å². The molecule has 0 aromatic heterocycles. The number of rotatable bonds is 8. The SMILES string of the molecule is COCCOCCOC1(CI)CCCCC1. The Balaban J connectivity index is 2.08. The Kier molecular flexibility index (Phi) is 7.94. The van der Waals surface area contributed by atoms with Gasteiger partial charge in [-0.15, -0.1) is 0 Å². The number of methoxy groups -OCH3 is 1. The summed E-state index contributed by atoms with van der Waals surface area (Å²) < 4.78 is 17.4. The predicted molar refractivity (Wildman–Crippen MR) is 73.4 cm³/mol. The second-order valence-electron chi connectivity index (χ2n) is 4.33. The van der Waals surface area contributed by atoms with Crippen LogP contribution in [0.25, 0.3) is 0 Å². The maximum absolute atomic E-state index is 6.03. The number of alkyl halides is 1. The zero-order valence-electron chi connectivity index (χ0n) is 10.2. The van der Waals surface area contributed by atoms with Crippen LogP contribution >= 0.6 is 22.6 Å². The molecule has 0 atom stereocenters. The van der Waals surface area contributed by atoms with E-state index in [4.69, 9.17) is 14.2 Å². The highest BCUT2D eigenvalue weighted by molar-refractivity contribution is 14.1. The minimum absolute atomic E-state index is 0.142. The fourth-order valence-electron chi connectivity index (χ4n) is 2.07. The molecule has 1 saturated carbocycles. The van der Waals surface area contributed by atoms with E-state index in [9.17, 15) is 0 Å². The van der Waals surface area contributed by atoms with Crippen LogP contribution < -0.4 is 0 Å². The highest BCUT2D eigenvalue weighted by atomic mass is 127. The fraction of sp³-hybridized carbons (Fsp3) is 1.00. The highest BCUT2D eigenvalue weighted by Gasteiger charge is 2.31. The average molecular weight is 342 g/mol. The first-order valence-electron chi connectivity index (χ1n) is 6.09. The molecule has 0 bridgehead atoms. The predicted octanol–water partition coefficient (Wildman–Crippen LogP) is 2.80. The Morgan fingerprint density at radius 3 is 2.31 bits per heavy atom. The first kappa shape index (κ1) is 14.7. The van der Waals surface area contributed by atoms with Gasteiger partial charge in [0.15, 0.2) is 0 Å². The van der Waals surface area contributed by atoms with Gasteiger partial charge in [-0.05, 0) is 12.8 Å². The van der Waals surface area contributed by atoms with E-state index >= 15 is 0 Å². The average Bonchev–Trinajstić information content (AvgIpc) is 2.35. The van der Waals surface area contributed by atoms with Crippen LogP contribution in [0.4, 0.5) is 0 Å². The molecule has 0 N–H and O–H groups in total. The second kappa shape index (κ2) is 8.66. The van der Waals surface area contributed by atoms with Crippen LogP contribution in [0, 0.1) is 0 Å². The zero-order valence-corrected chi connectivity index (χ0v) is 12.3. The number of halogens is 1. The molecule has 1 aliphatic carbocycles. The van der Waals surface area contributed by atoms with E-state index in [1.807, 2.05) is 0 Å². The lowest BCUT2D eigenvalue weighted by Crippen LogP contribution is -2.37. The monoisotopic (exact) mass is 342 g/mol. The van der Waals surface area contributed by atoms with Gasteiger partial charge in [-0.2, -0.15) is 0 Å². The van der Waals surface area contributed by atoms with Gasteiger partial charge in [0, 0.05) is 11.5 Å². The summed E-state index contributed by atoms with van der Waals surface area (Å²) in [5.41, 5.74) is 0.142. The van der Waals surface area contributed by atoms with Crippen molar-refractivity contribution < 1.29 is 14.2 Å². The minimum atomic E-state index is 0.142. The van der Waals surface area contributed by atoms with Crippen LogP contribution in [-0.4, -0.2) is 43.6 Å².